The Labute approximate surface area is 141 Å². The highest BCUT2D eigenvalue weighted by Crippen LogP contribution is 2.11. The van der Waals surface area contributed by atoms with Gasteiger partial charge in [-0.3, -0.25) is 9.69 Å². The van der Waals surface area contributed by atoms with E-state index in [-0.39, 0.29) is 11.9 Å². The maximum atomic E-state index is 12.5. The highest BCUT2D eigenvalue weighted by Gasteiger charge is 2.25. The van der Waals surface area contributed by atoms with Gasteiger partial charge in [0, 0.05) is 32.7 Å². The SMILES string of the molecule is CC(C(=O)N1CCN(CC=Cc2ccccc2)CC1)n1cnnn1. The molecule has 0 bridgehead atoms. The number of amides is 1. The van der Waals surface area contributed by atoms with E-state index in [1.54, 1.807) is 0 Å². The Kier molecular flexibility index (Phi) is 5.32. The van der Waals surface area contributed by atoms with E-state index in [0.717, 1.165) is 32.7 Å². The molecular formula is C17H22N6O. The topological polar surface area (TPSA) is 67.2 Å². The molecule has 0 spiro atoms. The molecule has 1 unspecified atom stereocenters. The van der Waals surface area contributed by atoms with E-state index in [2.05, 4.69) is 44.7 Å². The molecule has 1 aliphatic heterocycles. The molecular weight excluding hydrogens is 304 g/mol. The van der Waals surface area contributed by atoms with E-state index in [1.165, 1.54) is 16.6 Å². The summed E-state index contributed by atoms with van der Waals surface area (Å²) < 4.78 is 1.50. The van der Waals surface area contributed by atoms with Crippen molar-refractivity contribution < 1.29 is 4.79 Å². The third-order valence-electron chi connectivity index (χ3n) is 4.28. The standard InChI is InChI=1S/C17H22N6O/c1-15(23-14-18-19-20-23)17(24)22-12-10-21(11-13-22)9-5-8-16-6-3-2-4-7-16/h2-8,14-15H,9-13H2,1H3. The van der Waals surface area contributed by atoms with E-state index in [9.17, 15) is 4.79 Å². The minimum absolute atomic E-state index is 0.0711. The smallest absolute Gasteiger partial charge is 0.247 e. The number of hydrogen-bond donors (Lipinski definition) is 0. The molecule has 1 fully saturated rings. The Hall–Kier alpha value is -2.54. The van der Waals surface area contributed by atoms with Gasteiger partial charge in [-0.25, -0.2) is 4.68 Å². The van der Waals surface area contributed by atoms with Crippen LogP contribution in [0.25, 0.3) is 6.08 Å². The molecule has 0 radical (unpaired) electrons. The van der Waals surface area contributed by atoms with Gasteiger partial charge in [-0.2, -0.15) is 0 Å². The number of carbonyl (C=O) groups is 1. The quantitative estimate of drug-likeness (QED) is 0.823. The molecule has 2 aromatic rings. The Morgan fingerprint density at radius 3 is 2.62 bits per heavy atom. The fourth-order valence-corrected chi connectivity index (χ4v) is 2.78. The second-order valence-corrected chi connectivity index (χ2v) is 5.90. The summed E-state index contributed by atoms with van der Waals surface area (Å²) in [4.78, 5) is 16.7. The average Bonchev–Trinajstić information content (AvgIpc) is 3.17. The van der Waals surface area contributed by atoms with Crippen molar-refractivity contribution in [2.45, 2.75) is 13.0 Å². The Bertz CT molecular complexity index is 662. The molecule has 7 nitrogen and oxygen atoms in total. The van der Waals surface area contributed by atoms with Crippen LogP contribution in [0.3, 0.4) is 0 Å². The lowest BCUT2D eigenvalue weighted by atomic mass is 10.2. The van der Waals surface area contributed by atoms with Crippen molar-refractivity contribution in [3.8, 4) is 0 Å². The Balaban J connectivity index is 1.45. The number of carbonyl (C=O) groups excluding carboxylic acids is 1. The number of rotatable bonds is 5. The van der Waals surface area contributed by atoms with Crippen molar-refractivity contribution in [2.24, 2.45) is 0 Å². The molecule has 1 aliphatic rings. The number of hydrogen-bond acceptors (Lipinski definition) is 5. The normalized spacial score (nSPS) is 17.3. The molecule has 3 rings (SSSR count). The molecule has 0 N–H and O–H groups in total. The first-order chi connectivity index (χ1) is 11.7. The lowest BCUT2D eigenvalue weighted by molar-refractivity contribution is -0.136. The Morgan fingerprint density at radius 1 is 1.21 bits per heavy atom. The maximum absolute atomic E-state index is 12.5. The lowest BCUT2D eigenvalue weighted by Gasteiger charge is -2.35. The predicted molar refractivity (Wildman–Crippen MR) is 91.0 cm³/mol. The zero-order valence-electron chi connectivity index (χ0n) is 13.8. The number of piperazine rings is 1. The number of benzene rings is 1. The van der Waals surface area contributed by atoms with Crippen molar-refractivity contribution in [1.29, 1.82) is 0 Å². The summed E-state index contributed by atoms with van der Waals surface area (Å²) in [5, 5.41) is 11.0. The first-order valence-corrected chi connectivity index (χ1v) is 8.19. The number of aromatic nitrogens is 4. The molecule has 1 atom stereocenters. The molecule has 0 aliphatic carbocycles. The van der Waals surface area contributed by atoms with Crippen LogP contribution >= 0.6 is 0 Å². The molecule has 24 heavy (non-hydrogen) atoms. The summed E-state index contributed by atoms with van der Waals surface area (Å²) >= 11 is 0. The first-order valence-electron chi connectivity index (χ1n) is 8.19. The van der Waals surface area contributed by atoms with Crippen LogP contribution in [0.15, 0.2) is 42.7 Å². The molecule has 2 heterocycles. The molecule has 1 aromatic carbocycles. The van der Waals surface area contributed by atoms with Crippen LogP contribution in [0.1, 0.15) is 18.5 Å². The zero-order valence-corrected chi connectivity index (χ0v) is 13.8. The second-order valence-electron chi connectivity index (χ2n) is 5.90. The van der Waals surface area contributed by atoms with E-state index in [0.29, 0.717) is 0 Å². The zero-order chi connectivity index (χ0) is 16.8. The van der Waals surface area contributed by atoms with Crippen LogP contribution in [0.5, 0.6) is 0 Å². The van der Waals surface area contributed by atoms with Crippen molar-refractivity contribution in [3.05, 3.63) is 48.3 Å². The average molecular weight is 326 g/mol. The van der Waals surface area contributed by atoms with Gasteiger partial charge in [0.05, 0.1) is 0 Å². The minimum atomic E-state index is -0.357. The van der Waals surface area contributed by atoms with Gasteiger partial charge in [-0.1, -0.05) is 42.5 Å². The van der Waals surface area contributed by atoms with Gasteiger partial charge in [0.1, 0.15) is 12.4 Å². The molecule has 126 valence electrons. The molecule has 0 saturated carbocycles. The van der Waals surface area contributed by atoms with Crippen LogP contribution in [0.4, 0.5) is 0 Å². The monoisotopic (exact) mass is 326 g/mol. The lowest BCUT2D eigenvalue weighted by Crippen LogP contribution is -2.50. The van der Waals surface area contributed by atoms with Gasteiger partial charge < -0.3 is 4.90 Å². The molecule has 1 amide bonds. The largest absolute Gasteiger partial charge is 0.338 e. The summed E-state index contributed by atoms with van der Waals surface area (Å²) in [6, 6.07) is 9.92. The summed E-state index contributed by atoms with van der Waals surface area (Å²) in [6.45, 7) is 5.97. The summed E-state index contributed by atoms with van der Waals surface area (Å²) in [5.41, 5.74) is 1.21. The first kappa shape index (κ1) is 16.3. The van der Waals surface area contributed by atoms with Crippen LogP contribution < -0.4 is 0 Å². The highest BCUT2D eigenvalue weighted by molar-refractivity contribution is 5.80. The van der Waals surface area contributed by atoms with E-state index in [1.807, 2.05) is 30.0 Å². The summed E-state index contributed by atoms with van der Waals surface area (Å²) in [6.07, 6.45) is 5.79. The van der Waals surface area contributed by atoms with Crippen molar-refractivity contribution in [3.63, 3.8) is 0 Å². The molecule has 7 heteroatoms. The van der Waals surface area contributed by atoms with Crippen molar-refractivity contribution in [1.82, 2.24) is 30.0 Å². The van der Waals surface area contributed by atoms with E-state index < -0.39 is 0 Å². The number of nitrogens with zero attached hydrogens (tertiary/aromatic N) is 6. The summed E-state index contributed by atoms with van der Waals surface area (Å²) in [7, 11) is 0. The van der Waals surface area contributed by atoms with Gasteiger partial charge in [0.2, 0.25) is 5.91 Å². The van der Waals surface area contributed by atoms with E-state index in [4.69, 9.17) is 0 Å². The summed E-state index contributed by atoms with van der Waals surface area (Å²) in [5.74, 6) is 0.0711. The van der Waals surface area contributed by atoms with Gasteiger partial charge in [0.15, 0.2) is 0 Å². The van der Waals surface area contributed by atoms with Crippen molar-refractivity contribution in [2.75, 3.05) is 32.7 Å². The van der Waals surface area contributed by atoms with Crippen LogP contribution in [0, 0.1) is 0 Å². The Morgan fingerprint density at radius 2 is 1.96 bits per heavy atom. The third kappa shape index (κ3) is 4.05. The molecule has 1 saturated heterocycles. The predicted octanol–water partition coefficient (Wildman–Crippen LogP) is 1.09. The maximum Gasteiger partial charge on any atom is 0.247 e. The van der Waals surface area contributed by atoms with Gasteiger partial charge in [-0.05, 0) is 22.9 Å². The third-order valence-corrected chi connectivity index (χ3v) is 4.28. The van der Waals surface area contributed by atoms with E-state index >= 15 is 0 Å². The number of tetrazole rings is 1. The van der Waals surface area contributed by atoms with Crippen molar-refractivity contribution >= 4 is 12.0 Å². The van der Waals surface area contributed by atoms with Gasteiger partial charge >= 0.3 is 0 Å². The highest BCUT2D eigenvalue weighted by atomic mass is 16.2. The van der Waals surface area contributed by atoms with Crippen LogP contribution in [-0.2, 0) is 4.79 Å². The minimum Gasteiger partial charge on any atom is -0.338 e. The fraction of sp³-hybridized carbons (Fsp3) is 0.412. The van der Waals surface area contributed by atoms with Gasteiger partial charge in [-0.15, -0.1) is 5.10 Å². The van der Waals surface area contributed by atoms with Crippen LogP contribution in [-0.4, -0.2) is 68.6 Å². The fourth-order valence-electron chi connectivity index (χ4n) is 2.78. The second kappa shape index (κ2) is 7.83. The molecule has 1 aromatic heterocycles. The van der Waals surface area contributed by atoms with Crippen LogP contribution in [0.2, 0.25) is 0 Å². The van der Waals surface area contributed by atoms with Gasteiger partial charge in [0.25, 0.3) is 0 Å².